The van der Waals surface area contributed by atoms with E-state index in [0.29, 0.717) is 30.3 Å². The van der Waals surface area contributed by atoms with Crippen LogP contribution in [0.15, 0.2) is 10.6 Å². The van der Waals surface area contributed by atoms with Crippen molar-refractivity contribution >= 4 is 29.4 Å². The van der Waals surface area contributed by atoms with Gasteiger partial charge in [-0.3, -0.25) is 4.79 Å². The van der Waals surface area contributed by atoms with Crippen LogP contribution in [0.25, 0.3) is 11.1 Å². The lowest BCUT2D eigenvalue weighted by atomic mass is 9.79. The van der Waals surface area contributed by atoms with Gasteiger partial charge in [0.2, 0.25) is 0 Å². The summed E-state index contributed by atoms with van der Waals surface area (Å²) in [5.41, 5.74) is 9.21. The summed E-state index contributed by atoms with van der Waals surface area (Å²) in [7, 11) is 0. The first-order chi connectivity index (χ1) is 13.0. The molecule has 29 heavy (non-hydrogen) atoms. The van der Waals surface area contributed by atoms with Crippen LogP contribution in [-0.2, 0) is 6.42 Å². The van der Waals surface area contributed by atoms with Crippen molar-refractivity contribution in [2.45, 2.75) is 72.3 Å². The van der Waals surface area contributed by atoms with Crippen LogP contribution in [0.2, 0.25) is 0 Å². The van der Waals surface area contributed by atoms with Crippen molar-refractivity contribution in [3.63, 3.8) is 0 Å². The number of halogens is 1. The van der Waals surface area contributed by atoms with Crippen LogP contribution in [0.4, 0.5) is 0 Å². The number of amides is 1. The molecule has 0 spiro atoms. The number of nitrogens with two attached hydrogens (primary N) is 1. The highest BCUT2D eigenvalue weighted by atomic mass is 35.5. The van der Waals surface area contributed by atoms with Crippen LogP contribution in [-0.4, -0.2) is 40.1 Å². The molecule has 1 aliphatic heterocycles. The number of nitrogens with zero attached hydrogens (tertiary/aromatic N) is 3. The SMILES string of the molecule is CC(C)(C)Cc1noc2nc(C3CC3)cc(C(=O)N3CCC(N)C(C)(C)C3)c12.Cl. The molecule has 1 amide bonds. The summed E-state index contributed by atoms with van der Waals surface area (Å²) in [6, 6.07) is 2.11. The van der Waals surface area contributed by atoms with Gasteiger partial charge in [0.05, 0.1) is 16.6 Å². The van der Waals surface area contributed by atoms with E-state index in [9.17, 15) is 4.79 Å². The lowest BCUT2D eigenvalue weighted by Gasteiger charge is -2.42. The van der Waals surface area contributed by atoms with E-state index in [4.69, 9.17) is 15.2 Å². The standard InChI is InChI=1S/C22H32N4O2.ClH/c1-21(2,3)11-16-18-14(10-15(13-6-7-13)24-19(18)28-25-16)20(27)26-9-8-17(23)22(4,5)12-26;/h10,13,17H,6-9,11-12,23H2,1-5H3;1H. The second kappa shape index (κ2) is 7.55. The Balaban J connectivity index is 0.00000240. The van der Waals surface area contributed by atoms with Crippen molar-refractivity contribution in [3.8, 4) is 0 Å². The van der Waals surface area contributed by atoms with E-state index in [-0.39, 0.29) is 35.2 Å². The highest BCUT2D eigenvalue weighted by molar-refractivity contribution is 6.06. The average Bonchev–Trinajstić information content (AvgIpc) is 3.38. The molecule has 2 N–H and O–H groups in total. The van der Waals surface area contributed by atoms with Gasteiger partial charge in [-0.15, -0.1) is 12.4 Å². The number of hydrogen-bond donors (Lipinski definition) is 1. The first-order valence-corrected chi connectivity index (χ1v) is 10.4. The number of fused-ring (bicyclic) bond motifs is 1. The Labute approximate surface area is 179 Å². The molecule has 7 heteroatoms. The largest absolute Gasteiger partial charge is 0.338 e. The quantitative estimate of drug-likeness (QED) is 0.799. The second-order valence-electron chi connectivity index (χ2n) is 10.5. The lowest BCUT2D eigenvalue weighted by Crippen LogP contribution is -2.54. The van der Waals surface area contributed by atoms with E-state index < -0.39 is 0 Å². The van der Waals surface area contributed by atoms with Gasteiger partial charge in [-0.25, -0.2) is 4.98 Å². The Hall–Kier alpha value is -1.66. The van der Waals surface area contributed by atoms with Gasteiger partial charge in [-0.1, -0.05) is 39.8 Å². The van der Waals surface area contributed by atoms with E-state index in [2.05, 4.69) is 39.8 Å². The fourth-order valence-corrected chi connectivity index (χ4v) is 4.13. The number of carbonyl (C=O) groups is 1. The zero-order valence-corrected chi connectivity index (χ0v) is 18.9. The summed E-state index contributed by atoms with van der Waals surface area (Å²) >= 11 is 0. The number of piperidine rings is 1. The highest BCUT2D eigenvalue weighted by Gasteiger charge is 2.37. The predicted octanol–water partition coefficient (Wildman–Crippen LogP) is 4.31. The van der Waals surface area contributed by atoms with Gasteiger partial charge in [0.1, 0.15) is 0 Å². The van der Waals surface area contributed by atoms with Crippen LogP contribution in [0.3, 0.4) is 0 Å². The molecule has 1 aliphatic carbocycles. The molecule has 6 nitrogen and oxygen atoms in total. The van der Waals surface area contributed by atoms with Crippen LogP contribution >= 0.6 is 12.4 Å². The summed E-state index contributed by atoms with van der Waals surface area (Å²) in [4.78, 5) is 20.3. The molecule has 0 aromatic carbocycles. The van der Waals surface area contributed by atoms with E-state index >= 15 is 0 Å². The van der Waals surface area contributed by atoms with Gasteiger partial charge in [0.15, 0.2) is 0 Å². The molecular formula is C22H33ClN4O2. The molecule has 0 bridgehead atoms. The third kappa shape index (κ3) is 4.43. The fraction of sp³-hybridized carbons (Fsp3) is 0.682. The third-order valence-corrected chi connectivity index (χ3v) is 6.06. The third-order valence-electron chi connectivity index (χ3n) is 6.06. The van der Waals surface area contributed by atoms with Gasteiger partial charge in [-0.05, 0) is 42.6 Å². The molecule has 4 rings (SSSR count). The molecule has 1 saturated heterocycles. The van der Waals surface area contributed by atoms with E-state index in [1.807, 2.05) is 11.0 Å². The van der Waals surface area contributed by atoms with Gasteiger partial charge in [-0.2, -0.15) is 0 Å². The minimum atomic E-state index is -0.0950. The van der Waals surface area contributed by atoms with Crippen molar-refractivity contribution in [3.05, 3.63) is 23.0 Å². The molecule has 3 heterocycles. The second-order valence-corrected chi connectivity index (χ2v) is 10.5. The van der Waals surface area contributed by atoms with E-state index in [1.54, 1.807) is 0 Å². The maximum atomic E-state index is 13.6. The van der Waals surface area contributed by atoms with Crippen LogP contribution in [0.1, 0.15) is 81.5 Å². The Bertz CT molecular complexity index is 911. The Morgan fingerprint density at radius 2 is 2.00 bits per heavy atom. The smallest absolute Gasteiger partial charge is 0.259 e. The molecule has 2 aromatic rings. The van der Waals surface area contributed by atoms with Crippen molar-refractivity contribution in [2.75, 3.05) is 13.1 Å². The zero-order chi connectivity index (χ0) is 20.3. The van der Waals surface area contributed by atoms with Crippen molar-refractivity contribution in [2.24, 2.45) is 16.6 Å². The molecule has 1 unspecified atom stereocenters. The summed E-state index contributed by atoms with van der Waals surface area (Å²) in [6.45, 7) is 12.1. The molecule has 2 fully saturated rings. The van der Waals surface area contributed by atoms with Crippen molar-refractivity contribution in [1.29, 1.82) is 0 Å². The van der Waals surface area contributed by atoms with Crippen molar-refractivity contribution in [1.82, 2.24) is 15.0 Å². The fourth-order valence-electron chi connectivity index (χ4n) is 4.13. The number of carbonyl (C=O) groups excluding carboxylic acids is 1. The summed E-state index contributed by atoms with van der Waals surface area (Å²) in [5, 5.41) is 5.09. The zero-order valence-electron chi connectivity index (χ0n) is 18.1. The minimum absolute atomic E-state index is 0. The monoisotopic (exact) mass is 420 g/mol. The highest BCUT2D eigenvalue weighted by Crippen LogP contribution is 2.41. The molecule has 1 atom stereocenters. The number of aromatic nitrogens is 2. The topological polar surface area (TPSA) is 85.2 Å². The first-order valence-electron chi connectivity index (χ1n) is 10.4. The Morgan fingerprint density at radius 3 is 2.59 bits per heavy atom. The maximum Gasteiger partial charge on any atom is 0.259 e. The molecule has 2 aliphatic rings. The average molecular weight is 421 g/mol. The number of hydrogen-bond acceptors (Lipinski definition) is 5. The Kier molecular flexibility index (Phi) is 5.73. The van der Waals surface area contributed by atoms with Gasteiger partial charge in [0, 0.05) is 30.7 Å². The molecular weight excluding hydrogens is 388 g/mol. The minimum Gasteiger partial charge on any atom is -0.338 e. The van der Waals surface area contributed by atoms with Gasteiger partial charge in [0.25, 0.3) is 11.6 Å². The first kappa shape index (κ1) is 22.0. The van der Waals surface area contributed by atoms with Gasteiger partial charge < -0.3 is 15.2 Å². The molecule has 0 radical (unpaired) electrons. The van der Waals surface area contributed by atoms with Crippen LogP contribution < -0.4 is 5.73 Å². The van der Waals surface area contributed by atoms with E-state index in [0.717, 1.165) is 42.5 Å². The number of likely N-dealkylation sites (tertiary alicyclic amines) is 1. The summed E-state index contributed by atoms with van der Waals surface area (Å²) in [6.07, 6.45) is 3.81. The lowest BCUT2D eigenvalue weighted by molar-refractivity contribution is 0.0534. The molecule has 160 valence electrons. The molecule has 1 saturated carbocycles. The predicted molar refractivity (Wildman–Crippen MR) is 116 cm³/mol. The maximum absolute atomic E-state index is 13.6. The summed E-state index contributed by atoms with van der Waals surface area (Å²) < 4.78 is 5.60. The van der Waals surface area contributed by atoms with Crippen molar-refractivity contribution < 1.29 is 9.32 Å². The van der Waals surface area contributed by atoms with Crippen LogP contribution in [0.5, 0.6) is 0 Å². The Morgan fingerprint density at radius 1 is 1.31 bits per heavy atom. The normalized spacial score (nSPS) is 21.9. The van der Waals surface area contributed by atoms with Crippen LogP contribution in [0, 0.1) is 10.8 Å². The number of rotatable bonds is 3. The van der Waals surface area contributed by atoms with E-state index in [1.165, 1.54) is 0 Å². The molecule has 2 aromatic heterocycles. The van der Waals surface area contributed by atoms with Gasteiger partial charge >= 0.3 is 0 Å². The number of pyridine rings is 1. The summed E-state index contributed by atoms with van der Waals surface area (Å²) in [5.74, 6) is 0.492.